The van der Waals surface area contributed by atoms with Crippen LogP contribution in [-0.2, 0) is 0 Å². The molecule has 0 fully saturated rings. The molecule has 2 heterocycles. The number of rotatable bonds is 2. The highest BCUT2D eigenvalue weighted by Gasteiger charge is 2.41. The van der Waals surface area contributed by atoms with Gasteiger partial charge in [0.05, 0.1) is 11.8 Å². The molecule has 0 saturated heterocycles. The van der Waals surface area contributed by atoms with E-state index in [2.05, 4.69) is 31.2 Å². The highest BCUT2D eigenvalue weighted by molar-refractivity contribution is 6.30. The molecule has 2 aliphatic rings. The third-order valence-electron chi connectivity index (χ3n) is 5.29. The fourth-order valence-corrected chi connectivity index (χ4v) is 4.01. The lowest BCUT2D eigenvalue weighted by molar-refractivity contribution is -0.0190. The van der Waals surface area contributed by atoms with Gasteiger partial charge in [-0.1, -0.05) is 53.6 Å². The van der Waals surface area contributed by atoms with Gasteiger partial charge in [-0.25, -0.2) is 9.40 Å². The van der Waals surface area contributed by atoms with Crippen LogP contribution in [0.4, 0.5) is 4.39 Å². The molecule has 140 valence electrons. The van der Waals surface area contributed by atoms with Gasteiger partial charge < -0.3 is 4.74 Å². The molecule has 0 aromatic heterocycles. The third-order valence-corrected chi connectivity index (χ3v) is 5.53. The van der Waals surface area contributed by atoms with E-state index in [9.17, 15) is 4.39 Å². The summed E-state index contributed by atoms with van der Waals surface area (Å²) in [6.45, 7) is 2.07. The maximum absolute atomic E-state index is 13.4. The molecule has 0 amide bonds. The minimum atomic E-state index is -0.415. The number of benzene rings is 3. The molecule has 5 rings (SSSR count). The largest absolute Gasteiger partial charge is 0.464 e. The van der Waals surface area contributed by atoms with Crippen molar-refractivity contribution in [2.75, 3.05) is 0 Å². The van der Waals surface area contributed by atoms with Crippen LogP contribution < -0.4 is 4.74 Å². The zero-order valence-electron chi connectivity index (χ0n) is 15.3. The molecule has 0 aliphatic carbocycles. The average Bonchev–Trinajstić information content (AvgIpc) is 3.14. The Hall–Kier alpha value is -2.85. The Labute approximate surface area is 168 Å². The van der Waals surface area contributed by atoms with Gasteiger partial charge in [0.25, 0.3) is 0 Å². The molecular weight excluding hydrogens is 375 g/mol. The van der Waals surface area contributed by atoms with Gasteiger partial charge in [0, 0.05) is 22.6 Å². The minimum Gasteiger partial charge on any atom is -0.464 e. The second-order valence-corrected chi connectivity index (χ2v) is 7.65. The molecule has 0 spiro atoms. The number of hydrogen-bond donors (Lipinski definition) is 0. The van der Waals surface area contributed by atoms with Crippen molar-refractivity contribution in [1.29, 1.82) is 0 Å². The molecule has 2 aliphatic heterocycles. The number of halogens is 2. The minimum absolute atomic E-state index is 0.0220. The molecule has 0 bridgehead atoms. The highest BCUT2D eigenvalue weighted by atomic mass is 35.5. The number of ether oxygens (including phenoxy) is 1. The summed E-state index contributed by atoms with van der Waals surface area (Å²) in [6.07, 6.45) is 0.347. The van der Waals surface area contributed by atoms with Gasteiger partial charge in [-0.3, -0.25) is 0 Å². The van der Waals surface area contributed by atoms with Crippen LogP contribution in [0.3, 0.4) is 0 Å². The lowest BCUT2D eigenvalue weighted by Crippen LogP contribution is -2.33. The van der Waals surface area contributed by atoms with Crippen molar-refractivity contribution in [2.24, 2.45) is 5.10 Å². The Kier molecular flexibility index (Phi) is 4.09. The van der Waals surface area contributed by atoms with E-state index in [-0.39, 0.29) is 11.9 Å². The van der Waals surface area contributed by atoms with Crippen LogP contribution >= 0.6 is 11.6 Å². The normalized spacial score (nSPS) is 20.2. The van der Waals surface area contributed by atoms with Gasteiger partial charge in [-0.2, -0.15) is 5.10 Å². The monoisotopic (exact) mass is 392 g/mol. The van der Waals surface area contributed by atoms with Crippen LogP contribution in [0.25, 0.3) is 0 Å². The van der Waals surface area contributed by atoms with E-state index in [1.54, 1.807) is 12.1 Å². The van der Waals surface area contributed by atoms with Gasteiger partial charge in [0.2, 0.25) is 6.23 Å². The van der Waals surface area contributed by atoms with E-state index in [1.165, 1.54) is 17.7 Å². The van der Waals surface area contributed by atoms with Gasteiger partial charge >= 0.3 is 0 Å². The van der Waals surface area contributed by atoms with Crippen LogP contribution in [0, 0.1) is 12.7 Å². The average molecular weight is 393 g/mol. The Bertz CT molecular complexity index is 1060. The smallest absolute Gasteiger partial charge is 0.213 e. The first-order valence-electron chi connectivity index (χ1n) is 9.23. The summed E-state index contributed by atoms with van der Waals surface area (Å²) >= 11 is 6.26. The van der Waals surface area contributed by atoms with Crippen molar-refractivity contribution in [3.05, 3.63) is 99.8 Å². The Morgan fingerprint density at radius 1 is 1.04 bits per heavy atom. The Morgan fingerprint density at radius 2 is 1.79 bits per heavy atom. The predicted octanol–water partition coefficient (Wildman–Crippen LogP) is 6.03. The van der Waals surface area contributed by atoms with E-state index in [4.69, 9.17) is 21.4 Å². The van der Waals surface area contributed by atoms with Gasteiger partial charge in [0.1, 0.15) is 11.6 Å². The van der Waals surface area contributed by atoms with Crippen LogP contribution in [0.1, 0.15) is 40.9 Å². The molecule has 3 aromatic carbocycles. The quantitative estimate of drug-likeness (QED) is 0.532. The lowest BCUT2D eigenvalue weighted by Gasteiger charge is -2.38. The van der Waals surface area contributed by atoms with Crippen molar-refractivity contribution >= 4 is 17.3 Å². The Balaban J connectivity index is 1.59. The van der Waals surface area contributed by atoms with E-state index >= 15 is 0 Å². The molecular formula is C23H18ClFN2O. The first-order valence-corrected chi connectivity index (χ1v) is 9.61. The van der Waals surface area contributed by atoms with Crippen molar-refractivity contribution in [3.63, 3.8) is 0 Å². The van der Waals surface area contributed by atoms with Crippen LogP contribution in [-0.4, -0.2) is 10.7 Å². The maximum atomic E-state index is 13.4. The van der Waals surface area contributed by atoms with Crippen molar-refractivity contribution in [1.82, 2.24) is 5.01 Å². The fraction of sp³-hybridized carbons (Fsp3) is 0.174. The predicted molar refractivity (Wildman–Crippen MR) is 108 cm³/mol. The summed E-state index contributed by atoms with van der Waals surface area (Å²) in [5.41, 5.74) is 5.21. The number of aryl methyl sites for hydroxylation is 1. The molecule has 5 heteroatoms. The van der Waals surface area contributed by atoms with E-state index in [0.29, 0.717) is 5.02 Å². The summed E-state index contributed by atoms with van der Waals surface area (Å²) in [6, 6.07) is 20.5. The summed E-state index contributed by atoms with van der Waals surface area (Å²) in [4.78, 5) is 0. The third kappa shape index (κ3) is 2.94. The standard InChI is InChI=1S/C23H18ClFN2O/c1-14-2-4-15(5-3-14)20-13-21-19-12-17(24)8-11-22(19)28-23(27(21)26-20)16-6-9-18(25)10-7-16/h2-12,21,23H,13H2,1H3/t21-,23-/m1/s1. The lowest BCUT2D eigenvalue weighted by atomic mass is 9.95. The first kappa shape index (κ1) is 17.3. The van der Waals surface area contributed by atoms with E-state index < -0.39 is 6.23 Å². The fourth-order valence-electron chi connectivity index (χ4n) is 3.83. The van der Waals surface area contributed by atoms with Gasteiger partial charge in [0.15, 0.2) is 0 Å². The molecule has 0 saturated carbocycles. The topological polar surface area (TPSA) is 24.8 Å². The van der Waals surface area contributed by atoms with Crippen molar-refractivity contribution < 1.29 is 9.13 Å². The van der Waals surface area contributed by atoms with Crippen molar-refractivity contribution in [2.45, 2.75) is 25.6 Å². The summed E-state index contributed by atoms with van der Waals surface area (Å²) in [5.74, 6) is 0.522. The maximum Gasteiger partial charge on any atom is 0.213 e. The zero-order valence-corrected chi connectivity index (χ0v) is 16.0. The van der Waals surface area contributed by atoms with E-state index in [1.807, 2.05) is 23.2 Å². The van der Waals surface area contributed by atoms with Gasteiger partial charge in [-0.05, 0) is 42.8 Å². The molecule has 3 nitrogen and oxygen atoms in total. The molecule has 0 N–H and O–H groups in total. The summed E-state index contributed by atoms with van der Waals surface area (Å²) in [5, 5.41) is 7.55. The second-order valence-electron chi connectivity index (χ2n) is 7.22. The molecule has 0 unspecified atom stereocenters. The number of hydrogen-bond acceptors (Lipinski definition) is 3. The highest BCUT2D eigenvalue weighted by Crippen LogP contribution is 2.48. The molecule has 2 atom stereocenters. The Morgan fingerprint density at radius 3 is 2.54 bits per heavy atom. The molecule has 28 heavy (non-hydrogen) atoms. The second kappa shape index (κ2) is 6.64. The van der Waals surface area contributed by atoms with Crippen LogP contribution in [0.15, 0.2) is 71.8 Å². The molecule has 0 radical (unpaired) electrons. The van der Waals surface area contributed by atoms with Crippen LogP contribution in [0.5, 0.6) is 5.75 Å². The molecule has 3 aromatic rings. The summed E-state index contributed by atoms with van der Waals surface area (Å²) < 4.78 is 19.7. The number of hydrazone groups is 1. The van der Waals surface area contributed by atoms with Gasteiger partial charge in [-0.15, -0.1) is 0 Å². The number of nitrogens with zero attached hydrogens (tertiary/aromatic N) is 2. The number of fused-ring (bicyclic) bond motifs is 3. The van der Waals surface area contributed by atoms with Crippen LogP contribution in [0.2, 0.25) is 5.02 Å². The van der Waals surface area contributed by atoms with E-state index in [0.717, 1.165) is 34.6 Å². The van der Waals surface area contributed by atoms with Crippen molar-refractivity contribution in [3.8, 4) is 5.75 Å². The first-order chi connectivity index (χ1) is 13.6. The SMILES string of the molecule is Cc1ccc(C2=NN3[C@H](C2)c2cc(Cl)ccc2O[C@@H]3c2ccc(F)cc2)cc1. The zero-order chi connectivity index (χ0) is 19.3. The summed E-state index contributed by atoms with van der Waals surface area (Å²) in [7, 11) is 0.